The predicted octanol–water partition coefficient (Wildman–Crippen LogP) is 2.09. The molecule has 20 heavy (non-hydrogen) atoms. The van der Waals surface area contributed by atoms with Gasteiger partial charge in [0.1, 0.15) is 0 Å². The Labute approximate surface area is 117 Å². The Bertz CT molecular complexity index is 664. The predicted molar refractivity (Wildman–Crippen MR) is 75.5 cm³/mol. The van der Waals surface area contributed by atoms with Crippen LogP contribution in [0.25, 0.3) is 10.9 Å². The van der Waals surface area contributed by atoms with Crippen LogP contribution in [0.4, 0.5) is 0 Å². The van der Waals surface area contributed by atoms with Gasteiger partial charge in [-0.2, -0.15) is 0 Å². The maximum atomic E-state index is 11.9. The number of esters is 1. The van der Waals surface area contributed by atoms with Crippen LogP contribution in [-0.2, 0) is 14.0 Å². The highest BCUT2D eigenvalue weighted by atomic mass is 16.7. The van der Waals surface area contributed by atoms with Gasteiger partial charge in [-0.1, -0.05) is 18.2 Å². The second kappa shape index (κ2) is 4.65. The third kappa shape index (κ3) is 2.11. The third-order valence-electron chi connectivity index (χ3n) is 3.37. The van der Waals surface area contributed by atoms with E-state index in [0.717, 1.165) is 10.9 Å². The van der Waals surface area contributed by atoms with Crippen molar-refractivity contribution in [1.29, 1.82) is 0 Å². The number of para-hydroxylation sites is 1. The zero-order valence-electron chi connectivity index (χ0n) is 11.8. The first-order valence-corrected chi connectivity index (χ1v) is 6.49. The van der Waals surface area contributed by atoms with Gasteiger partial charge in [0.15, 0.2) is 0 Å². The molecule has 2 heterocycles. The smallest absolute Gasteiger partial charge is 0.465 e. The van der Waals surface area contributed by atoms with Crippen LogP contribution in [0.5, 0.6) is 0 Å². The number of hydrogen-bond acceptors (Lipinski definition) is 4. The lowest BCUT2D eigenvalue weighted by molar-refractivity contribution is 0.0603. The summed E-state index contributed by atoms with van der Waals surface area (Å²) in [5, 5.41) is 0.830. The van der Waals surface area contributed by atoms with Crippen LogP contribution in [0.15, 0.2) is 30.5 Å². The largest absolute Gasteiger partial charge is 0.598 e. The number of aromatic nitrogens is 1. The van der Waals surface area contributed by atoms with Gasteiger partial charge in [-0.15, -0.1) is 0 Å². The highest BCUT2D eigenvalue weighted by Crippen LogP contribution is 2.27. The van der Waals surface area contributed by atoms with Crippen LogP contribution in [0, 0.1) is 0 Å². The number of nitrogens with zero attached hydrogens (tertiary/aromatic N) is 1. The van der Waals surface area contributed by atoms with Crippen molar-refractivity contribution in [2.24, 2.45) is 0 Å². The van der Waals surface area contributed by atoms with Gasteiger partial charge in [0.25, 0.3) is 0 Å². The van der Waals surface area contributed by atoms with Crippen molar-refractivity contribution < 1.29 is 18.8 Å². The van der Waals surface area contributed by atoms with Crippen LogP contribution in [0.1, 0.15) is 24.2 Å². The fourth-order valence-electron chi connectivity index (χ4n) is 2.40. The van der Waals surface area contributed by atoms with E-state index in [2.05, 4.69) is 0 Å². The van der Waals surface area contributed by atoms with Gasteiger partial charge >= 0.3 is 13.2 Å². The molecule has 0 atom stereocenters. The molecule has 0 aliphatic carbocycles. The number of benzene rings is 1. The summed E-state index contributed by atoms with van der Waals surface area (Å²) in [6, 6.07) is 7.62. The molecule has 1 fully saturated rings. The molecule has 3 rings (SSSR count). The van der Waals surface area contributed by atoms with Gasteiger partial charge in [0.05, 0.1) is 24.9 Å². The van der Waals surface area contributed by atoms with Crippen molar-refractivity contribution >= 4 is 24.1 Å². The summed E-state index contributed by atoms with van der Waals surface area (Å²) < 4.78 is 18.2. The van der Waals surface area contributed by atoms with Crippen molar-refractivity contribution in [3.63, 3.8) is 0 Å². The molecule has 0 saturated carbocycles. The number of rotatable bonds is 2. The normalized spacial score (nSPS) is 17.6. The van der Waals surface area contributed by atoms with Crippen molar-refractivity contribution in [3.8, 4) is 0 Å². The maximum absolute atomic E-state index is 11.9. The minimum atomic E-state index is -0.520. The number of ether oxygens (including phenoxy) is 1. The molecule has 1 aliphatic rings. The van der Waals surface area contributed by atoms with E-state index in [1.807, 2.05) is 42.6 Å². The molecule has 0 amide bonds. The average Bonchev–Trinajstić information content (AvgIpc) is 2.98. The van der Waals surface area contributed by atoms with E-state index in [1.54, 1.807) is 6.20 Å². The van der Waals surface area contributed by atoms with Crippen molar-refractivity contribution in [1.82, 2.24) is 4.48 Å². The summed E-state index contributed by atoms with van der Waals surface area (Å²) in [7, 11) is 0.855. The van der Waals surface area contributed by atoms with Crippen molar-refractivity contribution in [2.75, 3.05) is 13.7 Å². The lowest BCUT2D eigenvalue weighted by Gasteiger charge is -2.15. The summed E-state index contributed by atoms with van der Waals surface area (Å²) in [5.74, 6) is -0.364. The summed E-state index contributed by atoms with van der Waals surface area (Å²) in [5.41, 5.74) is 1.07. The van der Waals surface area contributed by atoms with Crippen LogP contribution in [0.3, 0.4) is 0 Å². The lowest BCUT2D eigenvalue weighted by Crippen LogP contribution is -2.29. The summed E-state index contributed by atoms with van der Waals surface area (Å²) in [4.78, 5) is 11.9. The minimum absolute atomic E-state index is 0.332. The minimum Gasteiger partial charge on any atom is -0.465 e. The first kappa shape index (κ1) is 13.2. The molecular weight excluding hydrogens is 257 g/mol. The zero-order valence-corrected chi connectivity index (χ0v) is 11.8. The van der Waals surface area contributed by atoms with Crippen LogP contribution < -0.4 is 0 Å². The van der Waals surface area contributed by atoms with Crippen LogP contribution in [-0.4, -0.2) is 37.0 Å². The second-order valence-corrected chi connectivity index (χ2v) is 5.45. The number of methoxy groups -OCH3 is 1. The average molecular weight is 273 g/mol. The Morgan fingerprint density at radius 2 is 2.15 bits per heavy atom. The van der Waals surface area contributed by atoms with Gasteiger partial charge in [0, 0.05) is 17.1 Å². The molecule has 104 valence electrons. The molecule has 0 unspecified atom stereocenters. The fraction of sp³-hybridized carbons (Fsp3) is 0.357. The molecule has 0 radical (unpaired) electrons. The Hall–Kier alpha value is -1.79. The van der Waals surface area contributed by atoms with Gasteiger partial charge in [-0.3, -0.25) is 0 Å². The van der Waals surface area contributed by atoms with Crippen LogP contribution >= 0.6 is 0 Å². The van der Waals surface area contributed by atoms with Gasteiger partial charge < -0.3 is 18.5 Å². The van der Waals surface area contributed by atoms with E-state index in [-0.39, 0.29) is 11.6 Å². The van der Waals surface area contributed by atoms with Crippen molar-refractivity contribution in [2.45, 2.75) is 19.4 Å². The number of hydrogen-bond donors (Lipinski definition) is 0. The topological polar surface area (TPSA) is 49.7 Å². The molecule has 1 aromatic carbocycles. The first-order valence-electron chi connectivity index (χ1n) is 6.49. The van der Waals surface area contributed by atoms with Crippen molar-refractivity contribution in [3.05, 3.63) is 36.0 Å². The van der Waals surface area contributed by atoms with Gasteiger partial charge in [0.2, 0.25) is 0 Å². The molecule has 2 aromatic rings. The maximum Gasteiger partial charge on any atom is 0.598 e. The Kier molecular flexibility index (Phi) is 3.07. The molecule has 0 spiro atoms. The highest BCUT2D eigenvalue weighted by Gasteiger charge is 2.40. The fourth-order valence-corrected chi connectivity index (χ4v) is 2.40. The quantitative estimate of drug-likeness (QED) is 0.621. The SMILES string of the molecule is COC(=O)c1cn(B2OCC(C)(C)O2)c2ccccc12. The molecule has 1 aliphatic heterocycles. The number of fused-ring (bicyclic) bond motifs is 1. The Morgan fingerprint density at radius 1 is 1.40 bits per heavy atom. The van der Waals surface area contributed by atoms with E-state index in [0.29, 0.717) is 12.2 Å². The molecule has 1 saturated heterocycles. The van der Waals surface area contributed by atoms with E-state index in [9.17, 15) is 4.79 Å². The highest BCUT2D eigenvalue weighted by molar-refractivity contribution is 6.45. The molecule has 1 aromatic heterocycles. The number of carbonyl (C=O) groups is 1. The monoisotopic (exact) mass is 273 g/mol. The summed E-state index contributed by atoms with van der Waals surface area (Å²) in [6.07, 6.45) is 1.72. The van der Waals surface area contributed by atoms with E-state index in [4.69, 9.17) is 14.0 Å². The molecule has 0 bridgehead atoms. The molecule has 0 N–H and O–H groups in total. The number of carbonyl (C=O) groups excluding carboxylic acids is 1. The van der Waals surface area contributed by atoms with E-state index < -0.39 is 7.25 Å². The molecular formula is C14H16BNO4. The third-order valence-corrected chi connectivity index (χ3v) is 3.37. The van der Waals surface area contributed by atoms with E-state index >= 15 is 0 Å². The van der Waals surface area contributed by atoms with Gasteiger partial charge in [-0.25, -0.2) is 4.79 Å². The zero-order chi connectivity index (χ0) is 14.3. The summed E-state index contributed by atoms with van der Waals surface area (Å²) in [6.45, 7) is 4.46. The second-order valence-electron chi connectivity index (χ2n) is 5.45. The molecule has 5 nitrogen and oxygen atoms in total. The van der Waals surface area contributed by atoms with E-state index in [1.165, 1.54) is 7.11 Å². The molecule has 6 heteroatoms. The van der Waals surface area contributed by atoms with Crippen LogP contribution in [0.2, 0.25) is 0 Å². The Balaban J connectivity index is 2.10. The lowest BCUT2D eigenvalue weighted by atomic mass is 10.1. The summed E-state index contributed by atoms with van der Waals surface area (Å²) >= 11 is 0. The first-order chi connectivity index (χ1) is 9.52. The standard InChI is InChI=1S/C14H16BNO4/c1-14(2)9-19-15(20-14)16-8-11(13(17)18-3)10-6-4-5-7-12(10)16/h4-8H,9H2,1-3H3. The Morgan fingerprint density at radius 3 is 2.80 bits per heavy atom. The van der Waals surface area contributed by atoms with Gasteiger partial charge in [-0.05, 0) is 19.9 Å².